The molecule has 1 fully saturated rings. The number of nitrogens with one attached hydrogen (secondary N) is 1. The van der Waals surface area contributed by atoms with Gasteiger partial charge in [0.25, 0.3) is 0 Å². The molecule has 0 unspecified atom stereocenters. The van der Waals surface area contributed by atoms with Gasteiger partial charge in [0.15, 0.2) is 0 Å². The Hall–Kier alpha value is -2.32. The summed E-state index contributed by atoms with van der Waals surface area (Å²) in [5.74, 6) is -0.161. The summed E-state index contributed by atoms with van der Waals surface area (Å²) < 4.78 is 0. The molecule has 1 N–H and O–H groups in total. The molecule has 8 heteroatoms. The highest BCUT2D eigenvalue weighted by molar-refractivity contribution is 7.15. The maximum atomic E-state index is 12.4. The van der Waals surface area contributed by atoms with Crippen LogP contribution < -0.4 is 5.32 Å². The third kappa shape index (κ3) is 5.83. The van der Waals surface area contributed by atoms with Crippen molar-refractivity contribution in [2.45, 2.75) is 33.2 Å². The molecule has 1 aliphatic rings. The molecule has 7 nitrogen and oxygen atoms in total. The highest BCUT2D eigenvalue weighted by Crippen LogP contribution is 2.15. The Kier molecular flexibility index (Phi) is 6.52. The zero-order chi connectivity index (χ0) is 19.2. The van der Waals surface area contributed by atoms with Gasteiger partial charge >= 0.3 is 0 Å². The number of aromatic nitrogens is 2. The molecule has 1 aliphatic heterocycles. The fourth-order valence-corrected chi connectivity index (χ4v) is 3.62. The first-order valence-corrected chi connectivity index (χ1v) is 9.97. The van der Waals surface area contributed by atoms with Crippen molar-refractivity contribution in [3.05, 3.63) is 40.4 Å². The van der Waals surface area contributed by atoms with Crippen LogP contribution in [0, 0.1) is 13.8 Å². The van der Waals surface area contributed by atoms with E-state index in [1.807, 2.05) is 11.8 Å². The molecule has 3 rings (SSSR count). The molecule has 0 radical (unpaired) electrons. The average Bonchev–Trinajstić information content (AvgIpc) is 3.07. The van der Waals surface area contributed by atoms with Crippen molar-refractivity contribution in [2.24, 2.45) is 0 Å². The van der Waals surface area contributed by atoms with Gasteiger partial charge in [-0.05, 0) is 19.4 Å². The number of rotatable bonds is 6. The summed E-state index contributed by atoms with van der Waals surface area (Å²) in [7, 11) is 0. The zero-order valence-corrected chi connectivity index (χ0v) is 16.6. The smallest absolute Gasteiger partial charge is 0.226 e. The van der Waals surface area contributed by atoms with E-state index >= 15 is 0 Å². The molecule has 0 spiro atoms. The summed E-state index contributed by atoms with van der Waals surface area (Å²) in [6.45, 7) is 7.96. The lowest BCUT2D eigenvalue weighted by atomic mass is 10.1. The van der Waals surface area contributed by atoms with Gasteiger partial charge in [-0.2, -0.15) is 0 Å². The number of nitrogens with zero attached hydrogens (tertiary/aromatic N) is 4. The first-order valence-electron chi connectivity index (χ1n) is 9.15. The molecule has 0 saturated carbocycles. The van der Waals surface area contributed by atoms with Crippen molar-refractivity contribution in [1.29, 1.82) is 0 Å². The molecular formula is C19H25N5O2S. The Labute approximate surface area is 163 Å². The third-order valence-electron chi connectivity index (χ3n) is 4.59. The second kappa shape index (κ2) is 9.05. The van der Waals surface area contributed by atoms with Gasteiger partial charge in [-0.15, -0.1) is 10.2 Å². The van der Waals surface area contributed by atoms with Crippen LogP contribution in [0.4, 0.5) is 5.13 Å². The van der Waals surface area contributed by atoms with Crippen LogP contribution in [0.3, 0.4) is 0 Å². The van der Waals surface area contributed by atoms with Gasteiger partial charge in [-0.25, -0.2) is 0 Å². The molecule has 0 atom stereocenters. The maximum absolute atomic E-state index is 12.4. The van der Waals surface area contributed by atoms with Gasteiger partial charge in [0, 0.05) is 45.6 Å². The van der Waals surface area contributed by atoms with Crippen LogP contribution in [0.2, 0.25) is 0 Å². The van der Waals surface area contributed by atoms with Crippen molar-refractivity contribution in [3.8, 4) is 0 Å². The summed E-state index contributed by atoms with van der Waals surface area (Å²) in [6.07, 6.45) is 0.391. The van der Waals surface area contributed by atoms with Gasteiger partial charge in [0.05, 0.1) is 0 Å². The summed E-state index contributed by atoms with van der Waals surface area (Å²) in [4.78, 5) is 28.5. The lowest BCUT2D eigenvalue weighted by Gasteiger charge is -2.34. The fraction of sp³-hybridized carbons (Fsp3) is 0.474. The number of carbonyl (C=O) groups excluding carboxylic acids is 2. The number of carbonyl (C=O) groups is 2. The molecule has 27 heavy (non-hydrogen) atoms. The van der Waals surface area contributed by atoms with Crippen molar-refractivity contribution >= 4 is 28.3 Å². The van der Waals surface area contributed by atoms with Crippen molar-refractivity contribution in [1.82, 2.24) is 20.0 Å². The number of aryl methyl sites for hydroxylation is 2. The number of hydrogen-bond acceptors (Lipinski definition) is 6. The Morgan fingerprint density at radius 3 is 2.37 bits per heavy atom. The molecule has 2 heterocycles. The summed E-state index contributed by atoms with van der Waals surface area (Å²) in [6, 6.07) is 8.57. The van der Waals surface area contributed by atoms with Crippen LogP contribution in [-0.2, 0) is 16.1 Å². The van der Waals surface area contributed by atoms with E-state index in [2.05, 4.69) is 51.6 Å². The molecule has 1 aromatic heterocycles. The number of hydrogen-bond donors (Lipinski definition) is 1. The summed E-state index contributed by atoms with van der Waals surface area (Å²) in [5.41, 5.74) is 2.56. The van der Waals surface area contributed by atoms with Crippen molar-refractivity contribution in [2.75, 3.05) is 31.5 Å². The third-order valence-corrected chi connectivity index (χ3v) is 5.34. The molecule has 0 aliphatic carbocycles. The van der Waals surface area contributed by atoms with E-state index in [-0.39, 0.29) is 24.7 Å². The lowest BCUT2D eigenvalue weighted by molar-refractivity contribution is -0.134. The quantitative estimate of drug-likeness (QED) is 0.822. The van der Waals surface area contributed by atoms with E-state index in [0.29, 0.717) is 18.2 Å². The highest BCUT2D eigenvalue weighted by atomic mass is 32.1. The largest absolute Gasteiger partial charge is 0.340 e. The SMILES string of the molecule is Cc1ccc(CN2CCN(C(=O)CCC(=O)Nc3nnc(C)s3)CC2)cc1. The van der Waals surface area contributed by atoms with E-state index < -0.39 is 0 Å². The maximum Gasteiger partial charge on any atom is 0.226 e. The monoisotopic (exact) mass is 387 g/mol. The van der Waals surface area contributed by atoms with Gasteiger partial charge in [-0.1, -0.05) is 41.2 Å². The van der Waals surface area contributed by atoms with E-state index in [0.717, 1.165) is 24.6 Å². The topological polar surface area (TPSA) is 78.4 Å². The Bertz CT molecular complexity index is 782. The average molecular weight is 388 g/mol. The Morgan fingerprint density at radius 2 is 1.74 bits per heavy atom. The molecule has 0 bridgehead atoms. The minimum Gasteiger partial charge on any atom is -0.340 e. The highest BCUT2D eigenvalue weighted by Gasteiger charge is 2.21. The van der Waals surface area contributed by atoms with Gasteiger partial charge in [-0.3, -0.25) is 14.5 Å². The standard InChI is InChI=1S/C19H25N5O2S/c1-14-3-5-16(6-4-14)13-23-9-11-24(12-10-23)18(26)8-7-17(25)20-19-22-21-15(2)27-19/h3-6H,7-13H2,1-2H3,(H,20,22,25). The van der Waals surface area contributed by atoms with Gasteiger partial charge in [0.1, 0.15) is 5.01 Å². The number of amides is 2. The first-order chi connectivity index (χ1) is 13.0. The predicted molar refractivity (Wildman–Crippen MR) is 106 cm³/mol. The Balaban J connectivity index is 1.37. The number of anilines is 1. The van der Waals surface area contributed by atoms with Crippen LogP contribution >= 0.6 is 11.3 Å². The van der Waals surface area contributed by atoms with Crippen LogP contribution in [0.1, 0.15) is 29.0 Å². The van der Waals surface area contributed by atoms with Gasteiger partial charge < -0.3 is 10.2 Å². The lowest BCUT2D eigenvalue weighted by Crippen LogP contribution is -2.48. The first kappa shape index (κ1) is 19.4. The van der Waals surface area contributed by atoms with E-state index in [1.54, 1.807) is 0 Å². The predicted octanol–water partition coefficient (Wildman–Crippen LogP) is 2.22. The van der Waals surface area contributed by atoms with Crippen LogP contribution in [-0.4, -0.2) is 58.0 Å². The van der Waals surface area contributed by atoms with Crippen molar-refractivity contribution in [3.63, 3.8) is 0 Å². The van der Waals surface area contributed by atoms with Crippen LogP contribution in [0.25, 0.3) is 0 Å². The normalized spacial score (nSPS) is 15.0. The van der Waals surface area contributed by atoms with E-state index in [9.17, 15) is 9.59 Å². The number of piperazine rings is 1. The molecule has 144 valence electrons. The minimum atomic E-state index is -0.197. The minimum absolute atomic E-state index is 0.0357. The van der Waals surface area contributed by atoms with Crippen molar-refractivity contribution < 1.29 is 9.59 Å². The van der Waals surface area contributed by atoms with Crippen LogP contribution in [0.15, 0.2) is 24.3 Å². The van der Waals surface area contributed by atoms with E-state index in [1.165, 1.54) is 22.5 Å². The van der Waals surface area contributed by atoms with Crippen LogP contribution in [0.5, 0.6) is 0 Å². The molecule has 1 saturated heterocycles. The second-order valence-electron chi connectivity index (χ2n) is 6.82. The fourth-order valence-electron chi connectivity index (χ4n) is 3.01. The van der Waals surface area contributed by atoms with E-state index in [4.69, 9.17) is 0 Å². The zero-order valence-electron chi connectivity index (χ0n) is 15.8. The Morgan fingerprint density at radius 1 is 1.04 bits per heavy atom. The molecular weight excluding hydrogens is 362 g/mol. The molecule has 2 aromatic rings. The number of benzene rings is 1. The summed E-state index contributed by atoms with van der Waals surface area (Å²) >= 11 is 1.32. The second-order valence-corrected chi connectivity index (χ2v) is 8.00. The van der Waals surface area contributed by atoms with Gasteiger partial charge in [0.2, 0.25) is 16.9 Å². The summed E-state index contributed by atoms with van der Waals surface area (Å²) in [5, 5.41) is 11.7. The molecule has 2 amide bonds. The molecule has 1 aromatic carbocycles.